The molecule has 158 valence electrons. The molecular formula is C22H36N2O4. The van der Waals surface area contributed by atoms with E-state index in [0.717, 1.165) is 44.1 Å². The Bertz CT molecular complexity index is 565. The van der Waals surface area contributed by atoms with E-state index in [-0.39, 0.29) is 24.0 Å². The van der Waals surface area contributed by atoms with Gasteiger partial charge in [-0.25, -0.2) is 4.79 Å². The van der Waals surface area contributed by atoms with Gasteiger partial charge in [-0.05, 0) is 38.2 Å². The number of hydrogen-bond donors (Lipinski definition) is 3. The molecule has 0 aromatic heterocycles. The molecule has 6 heteroatoms. The van der Waals surface area contributed by atoms with Gasteiger partial charge in [-0.1, -0.05) is 50.1 Å². The third-order valence-electron chi connectivity index (χ3n) is 4.91. The third kappa shape index (κ3) is 9.74. The molecule has 1 atom stereocenters. The Kier molecular flexibility index (Phi) is 12.0. The molecule has 1 unspecified atom stereocenters. The highest BCUT2D eigenvalue weighted by molar-refractivity contribution is 5.73. The van der Waals surface area contributed by atoms with Crippen LogP contribution in [0.3, 0.4) is 0 Å². The van der Waals surface area contributed by atoms with Crippen LogP contribution in [-0.2, 0) is 14.9 Å². The van der Waals surface area contributed by atoms with Gasteiger partial charge in [0.05, 0.1) is 13.2 Å². The summed E-state index contributed by atoms with van der Waals surface area (Å²) >= 11 is 0. The number of unbranched alkanes of at least 4 members (excludes halogenated alkanes) is 3. The number of benzene rings is 1. The van der Waals surface area contributed by atoms with E-state index in [1.165, 1.54) is 0 Å². The lowest BCUT2D eigenvalue weighted by molar-refractivity contribution is -0.143. The number of rotatable bonds is 14. The molecule has 0 bridgehead atoms. The summed E-state index contributed by atoms with van der Waals surface area (Å²) in [6.07, 6.45) is 5.63. The van der Waals surface area contributed by atoms with Crippen LogP contribution in [0.4, 0.5) is 4.79 Å². The van der Waals surface area contributed by atoms with Crippen molar-refractivity contribution in [2.24, 2.45) is 0 Å². The fourth-order valence-corrected chi connectivity index (χ4v) is 3.07. The minimum absolute atomic E-state index is 0.112. The molecule has 0 saturated carbocycles. The van der Waals surface area contributed by atoms with Crippen molar-refractivity contribution in [2.75, 3.05) is 26.3 Å². The van der Waals surface area contributed by atoms with Crippen molar-refractivity contribution >= 4 is 12.0 Å². The van der Waals surface area contributed by atoms with Gasteiger partial charge in [-0.3, -0.25) is 4.79 Å². The highest BCUT2D eigenvalue weighted by Crippen LogP contribution is 2.28. The first-order chi connectivity index (χ1) is 13.5. The molecule has 0 heterocycles. The fraction of sp³-hybridized carbons (Fsp3) is 0.636. The van der Waals surface area contributed by atoms with Crippen LogP contribution >= 0.6 is 0 Å². The lowest BCUT2D eigenvalue weighted by Gasteiger charge is -2.28. The van der Waals surface area contributed by atoms with Crippen molar-refractivity contribution in [1.82, 2.24) is 10.6 Å². The molecule has 1 aromatic carbocycles. The standard InChI is InChI=1S/C22H36N2O4/c1-3-28-20(26)14-8-5-10-16-23-21(27)24-17-11-9-15-22(2,18-25)19-12-6-4-7-13-19/h4,6-7,12-13,25H,3,5,8-11,14-18H2,1-2H3,(H2,23,24,27). The molecule has 0 aliphatic rings. The zero-order valence-corrected chi connectivity index (χ0v) is 17.3. The Morgan fingerprint density at radius 3 is 2.25 bits per heavy atom. The van der Waals surface area contributed by atoms with Crippen molar-refractivity contribution in [2.45, 2.75) is 64.2 Å². The summed E-state index contributed by atoms with van der Waals surface area (Å²) < 4.78 is 4.87. The number of hydrogen-bond acceptors (Lipinski definition) is 4. The Morgan fingerprint density at radius 2 is 1.64 bits per heavy atom. The van der Waals surface area contributed by atoms with Gasteiger partial charge in [-0.15, -0.1) is 0 Å². The predicted octanol–water partition coefficient (Wildman–Crippen LogP) is 3.53. The maximum absolute atomic E-state index is 11.8. The Labute approximate surface area is 169 Å². The maximum Gasteiger partial charge on any atom is 0.314 e. The number of ether oxygens (including phenoxy) is 1. The largest absolute Gasteiger partial charge is 0.466 e. The number of nitrogens with one attached hydrogen (secondary N) is 2. The van der Waals surface area contributed by atoms with Gasteiger partial charge in [0.15, 0.2) is 0 Å². The monoisotopic (exact) mass is 392 g/mol. The maximum atomic E-state index is 11.8. The van der Waals surface area contributed by atoms with E-state index in [2.05, 4.69) is 29.7 Å². The van der Waals surface area contributed by atoms with Crippen LogP contribution in [-0.4, -0.2) is 43.4 Å². The van der Waals surface area contributed by atoms with Crippen molar-refractivity contribution in [3.63, 3.8) is 0 Å². The van der Waals surface area contributed by atoms with E-state index in [9.17, 15) is 14.7 Å². The van der Waals surface area contributed by atoms with Gasteiger partial charge in [0.25, 0.3) is 0 Å². The topological polar surface area (TPSA) is 87.7 Å². The normalized spacial score (nSPS) is 12.8. The predicted molar refractivity (Wildman–Crippen MR) is 111 cm³/mol. The molecule has 1 rings (SSSR count). The molecule has 0 saturated heterocycles. The molecular weight excluding hydrogens is 356 g/mol. The number of esters is 1. The minimum Gasteiger partial charge on any atom is -0.466 e. The molecule has 1 aromatic rings. The number of carbonyl (C=O) groups is 2. The zero-order valence-electron chi connectivity index (χ0n) is 17.3. The molecule has 0 fully saturated rings. The van der Waals surface area contributed by atoms with Crippen molar-refractivity contribution in [3.05, 3.63) is 35.9 Å². The zero-order chi connectivity index (χ0) is 20.7. The summed E-state index contributed by atoms with van der Waals surface area (Å²) in [4.78, 5) is 23.0. The van der Waals surface area contributed by atoms with Crippen molar-refractivity contribution in [3.8, 4) is 0 Å². The van der Waals surface area contributed by atoms with Crippen LogP contribution in [0.15, 0.2) is 30.3 Å². The smallest absolute Gasteiger partial charge is 0.314 e. The van der Waals surface area contributed by atoms with Gasteiger partial charge in [0.2, 0.25) is 0 Å². The van der Waals surface area contributed by atoms with Gasteiger partial charge in [-0.2, -0.15) is 0 Å². The summed E-state index contributed by atoms with van der Waals surface area (Å²) in [6.45, 7) is 5.63. The summed E-state index contributed by atoms with van der Waals surface area (Å²) in [5.74, 6) is -0.155. The van der Waals surface area contributed by atoms with E-state index in [1.54, 1.807) is 6.92 Å². The van der Waals surface area contributed by atoms with E-state index in [1.807, 2.05) is 18.2 Å². The number of aliphatic hydroxyl groups excluding tert-OH is 1. The molecule has 0 aliphatic heterocycles. The minimum atomic E-state index is -0.243. The highest BCUT2D eigenvalue weighted by atomic mass is 16.5. The Hall–Kier alpha value is -2.08. The van der Waals surface area contributed by atoms with Crippen LogP contribution in [0.25, 0.3) is 0 Å². The van der Waals surface area contributed by atoms with Gasteiger partial charge >= 0.3 is 12.0 Å². The Morgan fingerprint density at radius 1 is 1.00 bits per heavy atom. The number of carbonyl (C=O) groups excluding carboxylic acids is 2. The molecule has 0 aliphatic carbocycles. The summed E-state index contributed by atoms with van der Waals surface area (Å²) in [7, 11) is 0. The third-order valence-corrected chi connectivity index (χ3v) is 4.91. The number of aliphatic hydroxyl groups is 1. The van der Waals surface area contributed by atoms with Gasteiger partial charge in [0, 0.05) is 24.9 Å². The first-order valence-corrected chi connectivity index (χ1v) is 10.4. The van der Waals surface area contributed by atoms with E-state index < -0.39 is 0 Å². The van der Waals surface area contributed by atoms with Crippen LogP contribution < -0.4 is 10.6 Å². The summed E-state index contributed by atoms with van der Waals surface area (Å²) in [6, 6.07) is 9.91. The average Bonchev–Trinajstić information content (AvgIpc) is 2.71. The first-order valence-electron chi connectivity index (χ1n) is 10.4. The lowest BCUT2D eigenvalue weighted by atomic mass is 9.79. The van der Waals surface area contributed by atoms with E-state index in [0.29, 0.717) is 26.1 Å². The highest BCUT2D eigenvalue weighted by Gasteiger charge is 2.24. The number of amides is 2. The van der Waals surface area contributed by atoms with Crippen molar-refractivity contribution in [1.29, 1.82) is 0 Å². The van der Waals surface area contributed by atoms with Crippen molar-refractivity contribution < 1.29 is 19.4 Å². The quantitative estimate of drug-likeness (QED) is 0.334. The summed E-state index contributed by atoms with van der Waals surface area (Å²) in [5.41, 5.74) is 0.902. The SMILES string of the molecule is CCOC(=O)CCCCCNC(=O)NCCCCC(C)(CO)c1ccccc1. The van der Waals surface area contributed by atoms with Crippen LogP contribution in [0.2, 0.25) is 0 Å². The van der Waals surface area contributed by atoms with Gasteiger partial charge in [0.1, 0.15) is 0 Å². The second kappa shape index (κ2) is 14.0. The number of urea groups is 1. The lowest BCUT2D eigenvalue weighted by Crippen LogP contribution is -2.36. The molecule has 28 heavy (non-hydrogen) atoms. The second-order valence-electron chi connectivity index (χ2n) is 7.34. The van der Waals surface area contributed by atoms with Crippen LogP contribution in [0.1, 0.15) is 64.4 Å². The summed E-state index contributed by atoms with van der Waals surface area (Å²) in [5, 5.41) is 15.5. The Balaban J connectivity index is 2.06. The van der Waals surface area contributed by atoms with E-state index >= 15 is 0 Å². The second-order valence-corrected chi connectivity index (χ2v) is 7.34. The van der Waals surface area contributed by atoms with Crippen LogP contribution in [0.5, 0.6) is 0 Å². The van der Waals surface area contributed by atoms with Crippen LogP contribution in [0, 0.1) is 0 Å². The first kappa shape index (κ1) is 24.0. The molecule has 2 amide bonds. The fourth-order valence-electron chi connectivity index (χ4n) is 3.07. The average molecular weight is 393 g/mol. The molecule has 3 N–H and O–H groups in total. The van der Waals surface area contributed by atoms with Gasteiger partial charge < -0.3 is 20.5 Å². The van der Waals surface area contributed by atoms with E-state index in [4.69, 9.17) is 4.74 Å². The molecule has 6 nitrogen and oxygen atoms in total. The molecule has 0 spiro atoms. The molecule has 0 radical (unpaired) electrons.